The first-order valence-corrected chi connectivity index (χ1v) is 3.92. The molecule has 0 aliphatic heterocycles. The summed E-state index contributed by atoms with van der Waals surface area (Å²) in [4.78, 5) is 6.39. The number of hydrogen-bond acceptors (Lipinski definition) is 2. The van der Waals surface area contributed by atoms with E-state index in [2.05, 4.69) is 9.97 Å². The number of alkyl halides is 3. The predicted molar refractivity (Wildman–Crippen MR) is 41.4 cm³/mol. The molecule has 1 aromatic heterocycles. The molecule has 0 atom stereocenters. The quantitative estimate of drug-likeness (QED) is 0.666. The molecule has 13 heavy (non-hydrogen) atoms. The second-order valence-electron chi connectivity index (χ2n) is 2.36. The third kappa shape index (κ3) is 2.55. The Balaban J connectivity index is 3.16. The molecular weight excluding hydrogens is 205 g/mol. The van der Waals surface area contributed by atoms with Crippen LogP contribution in [0.2, 0.25) is 5.15 Å². The Morgan fingerprint density at radius 3 is 2.46 bits per heavy atom. The average molecular weight is 211 g/mol. The monoisotopic (exact) mass is 210 g/mol. The van der Waals surface area contributed by atoms with Gasteiger partial charge in [0, 0.05) is 5.69 Å². The number of rotatable bonds is 1. The van der Waals surface area contributed by atoms with Crippen molar-refractivity contribution in [2.45, 2.75) is 19.5 Å². The Labute approximate surface area is 77.8 Å². The molecule has 0 aliphatic rings. The van der Waals surface area contributed by atoms with Gasteiger partial charge < -0.3 is 0 Å². The van der Waals surface area contributed by atoms with Gasteiger partial charge >= 0.3 is 6.18 Å². The van der Waals surface area contributed by atoms with Crippen LogP contribution in [0.25, 0.3) is 0 Å². The van der Waals surface area contributed by atoms with E-state index in [1.54, 1.807) is 6.92 Å². The van der Waals surface area contributed by atoms with E-state index in [0.717, 1.165) is 0 Å². The van der Waals surface area contributed by atoms with Gasteiger partial charge in [0.25, 0.3) is 0 Å². The van der Waals surface area contributed by atoms with E-state index < -0.39 is 12.0 Å². The minimum Gasteiger partial charge on any atom is -0.229 e. The number of halogens is 4. The van der Waals surface area contributed by atoms with E-state index in [4.69, 9.17) is 11.6 Å². The van der Waals surface area contributed by atoms with E-state index >= 15 is 0 Å². The van der Waals surface area contributed by atoms with Gasteiger partial charge in [-0.1, -0.05) is 18.5 Å². The van der Waals surface area contributed by atoms with E-state index in [9.17, 15) is 13.2 Å². The van der Waals surface area contributed by atoms with Crippen LogP contribution in [0.5, 0.6) is 0 Å². The second kappa shape index (κ2) is 3.49. The predicted octanol–water partition coefficient (Wildman–Crippen LogP) is 2.71. The van der Waals surface area contributed by atoms with Crippen LogP contribution in [-0.4, -0.2) is 9.97 Å². The maximum atomic E-state index is 12.1. The van der Waals surface area contributed by atoms with Crippen LogP contribution in [0.4, 0.5) is 13.2 Å². The average Bonchev–Trinajstić information content (AvgIpc) is 2.01. The molecule has 1 heterocycles. The number of nitrogens with zero attached hydrogens (tertiary/aromatic N) is 2. The summed E-state index contributed by atoms with van der Waals surface area (Å²) in [5, 5.41) is -0.181. The molecule has 0 unspecified atom stereocenters. The summed E-state index contributed by atoms with van der Waals surface area (Å²) < 4.78 is 36.3. The van der Waals surface area contributed by atoms with Gasteiger partial charge in [-0.05, 0) is 12.5 Å². The Morgan fingerprint density at radius 1 is 1.38 bits per heavy atom. The smallest absolute Gasteiger partial charge is 0.229 e. The molecule has 2 nitrogen and oxygen atoms in total. The zero-order valence-corrected chi connectivity index (χ0v) is 7.45. The van der Waals surface area contributed by atoms with Crippen molar-refractivity contribution in [3.05, 3.63) is 22.7 Å². The summed E-state index contributed by atoms with van der Waals surface area (Å²) in [6.45, 7) is 1.69. The Kier molecular flexibility index (Phi) is 2.75. The topological polar surface area (TPSA) is 25.8 Å². The minimum atomic E-state index is -4.53. The fraction of sp³-hybridized carbons (Fsp3) is 0.429. The molecule has 0 fully saturated rings. The van der Waals surface area contributed by atoms with Gasteiger partial charge in [-0.25, -0.2) is 9.97 Å². The molecule has 6 heteroatoms. The third-order valence-electron chi connectivity index (χ3n) is 1.36. The molecule has 0 saturated heterocycles. The highest BCUT2D eigenvalue weighted by atomic mass is 35.5. The molecule has 0 amide bonds. The molecule has 0 aliphatic carbocycles. The molecule has 1 rings (SSSR count). The van der Waals surface area contributed by atoms with Crippen LogP contribution in [0.15, 0.2) is 6.07 Å². The summed E-state index contributed by atoms with van der Waals surface area (Å²) in [6, 6.07) is 1.32. The Hall–Kier alpha value is -0.840. The van der Waals surface area contributed by atoms with E-state index in [-0.39, 0.29) is 10.8 Å². The van der Waals surface area contributed by atoms with Crippen molar-refractivity contribution in [1.82, 2.24) is 9.97 Å². The molecule has 0 saturated carbocycles. The van der Waals surface area contributed by atoms with Crippen LogP contribution in [-0.2, 0) is 12.6 Å². The maximum absolute atomic E-state index is 12.1. The van der Waals surface area contributed by atoms with Crippen molar-refractivity contribution in [3.8, 4) is 0 Å². The molecule has 0 aromatic carbocycles. The third-order valence-corrected chi connectivity index (χ3v) is 1.56. The van der Waals surface area contributed by atoms with Crippen molar-refractivity contribution in [3.63, 3.8) is 0 Å². The van der Waals surface area contributed by atoms with Crippen LogP contribution < -0.4 is 0 Å². The number of hydrogen-bond donors (Lipinski definition) is 0. The van der Waals surface area contributed by atoms with Gasteiger partial charge in [-0.15, -0.1) is 0 Å². The number of aryl methyl sites for hydroxylation is 1. The molecule has 0 radical (unpaired) electrons. The van der Waals surface area contributed by atoms with Crippen molar-refractivity contribution in [2.75, 3.05) is 0 Å². The van der Waals surface area contributed by atoms with Gasteiger partial charge in [0.15, 0.2) is 0 Å². The first kappa shape index (κ1) is 10.2. The zero-order chi connectivity index (χ0) is 10.1. The summed E-state index contributed by atoms with van der Waals surface area (Å²) in [7, 11) is 0. The molecule has 0 bridgehead atoms. The number of aromatic nitrogens is 2. The minimum absolute atomic E-state index is 0.181. The fourth-order valence-corrected chi connectivity index (χ4v) is 0.978. The van der Waals surface area contributed by atoms with Crippen LogP contribution >= 0.6 is 11.6 Å². The lowest BCUT2D eigenvalue weighted by molar-refractivity contribution is -0.145. The van der Waals surface area contributed by atoms with Crippen LogP contribution in [0.1, 0.15) is 18.4 Å². The van der Waals surface area contributed by atoms with Crippen molar-refractivity contribution >= 4 is 11.6 Å². The van der Waals surface area contributed by atoms with Gasteiger partial charge in [-0.3, -0.25) is 0 Å². The lowest BCUT2D eigenvalue weighted by Crippen LogP contribution is -2.12. The standard InChI is InChI=1S/C7H6ClF3N2/c1-2-4-3-5(8)13-6(12-4)7(9,10)11/h3H,2H2,1H3. The van der Waals surface area contributed by atoms with Crippen LogP contribution in [0.3, 0.4) is 0 Å². The van der Waals surface area contributed by atoms with Crippen molar-refractivity contribution in [1.29, 1.82) is 0 Å². The summed E-state index contributed by atoms with van der Waals surface area (Å²) in [5.74, 6) is -1.18. The summed E-state index contributed by atoms with van der Waals surface area (Å²) >= 11 is 5.38. The van der Waals surface area contributed by atoms with E-state index in [0.29, 0.717) is 6.42 Å². The lowest BCUT2D eigenvalue weighted by atomic mass is 10.3. The van der Waals surface area contributed by atoms with E-state index in [1.807, 2.05) is 0 Å². The van der Waals surface area contributed by atoms with Gasteiger partial charge in [0.2, 0.25) is 5.82 Å². The van der Waals surface area contributed by atoms with E-state index in [1.165, 1.54) is 6.07 Å². The highest BCUT2D eigenvalue weighted by Crippen LogP contribution is 2.27. The van der Waals surface area contributed by atoms with Gasteiger partial charge in [0.1, 0.15) is 5.15 Å². The first-order chi connectivity index (χ1) is 5.93. The Morgan fingerprint density at radius 2 is 2.00 bits per heavy atom. The molecule has 0 spiro atoms. The largest absolute Gasteiger partial charge is 0.451 e. The second-order valence-corrected chi connectivity index (χ2v) is 2.74. The van der Waals surface area contributed by atoms with Crippen LogP contribution in [0, 0.1) is 0 Å². The summed E-state index contributed by atoms with van der Waals surface area (Å²) in [6.07, 6.45) is -4.14. The van der Waals surface area contributed by atoms with Gasteiger partial charge in [-0.2, -0.15) is 13.2 Å². The normalized spacial score (nSPS) is 11.8. The zero-order valence-electron chi connectivity index (χ0n) is 6.69. The molecule has 0 N–H and O–H groups in total. The lowest BCUT2D eigenvalue weighted by Gasteiger charge is -2.06. The molecular formula is C7H6ClF3N2. The fourth-order valence-electron chi connectivity index (χ4n) is 0.772. The van der Waals surface area contributed by atoms with Crippen molar-refractivity contribution < 1.29 is 13.2 Å². The highest BCUT2D eigenvalue weighted by Gasteiger charge is 2.35. The first-order valence-electron chi connectivity index (χ1n) is 3.54. The SMILES string of the molecule is CCc1cc(Cl)nc(C(F)(F)F)n1. The molecule has 1 aromatic rings. The molecule has 72 valence electrons. The summed E-state index contributed by atoms with van der Waals surface area (Å²) in [5.41, 5.74) is 0.285. The highest BCUT2D eigenvalue weighted by molar-refractivity contribution is 6.29. The maximum Gasteiger partial charge on any atom is 0.451 e. The van der Waals surface area contributed by atoms with Crippen molar-refractivity contribution in [2.24, 2.45) is 0 Å². The van der Waals surface area contributed by atoms with Gasteiger partial charge in [0.05, 0.1) is 0 Å². The Bertz CT molecular complexity index is 311.